The molecule has 0 saturated carbocycles. The van der Waals surface area contributed by atoms with Gasteiger partial charge in [-0.15, -0.1) is 0 Å². The van der Waals surface area contributed by atoms with Crippen molar-refractivity contribution < 1.29 is 13.5 Å². The fourth-order valence-corrected chi connectivity index (χ4v) is 5.20. The third-order valence-corrected chi connectivity index (χ3v) is 6.24. The topological polar surface area (TPSA) is 9.23 Å². The Kier molecular flexibility index (Phi) is 3.27. The lowest BCUT2D eigenvalue weighted by Gasteiger charge is -1.98. The number of benzene rings is 3. The number of fused-ring (bicyclic) bond motifs is 3. The van der Waals surface area contributed by atoms with Gasteiger partial charge in [0.15, 0.2) is 14.3 Å². The molecule has 3 aromatic carbocycles. The highest BCUT2D eigenvalue weighted by Gasteiger charge is 2.24. The van der Waals surface area contributed by atoms with Crippen molar-refractivity contribution in [2.75, 3.05) is 7.11 Å². The molecule has 0 amide bonds. The maximum Gasteiger partial charge on any atom is 0.187 e. The van der Waals surface area contributed by atoms with Crippen molar-refractivity contribution in [1.29, 1.82) is 0 Å². The van der Waals surface area contributed by atoms with Crippen LogP contribution >= 0.6 is 10.5 Å². The Morgan fingerprint density at radius 1 is 0.739 bits per heavy atom. The lowest BCUT2D eigenvalue weighted by Crippen LogP contribution is -1.80. The summed E-state index contributed by atoms with van der Waals surface area (Å²) < 4.78 is 34.6. The van der Waals surface area contributed by atoms with Crippen LogP contribution in [0.4, 0.5) is 8.78 Å². The number of ether oxygens (including phenoxy) is 1. The Labute approximate surface area is 134 Å². The smallest absolute Gasteiger partial charge is 0.187 e. The molecule has 0 atom stereocenters. The maximum absolute atomic E-state index is 13.7. The van der Waals surface area contributed by atoms with Crippen molar-refractivity contribution >= 4 is 30.6 Å². The molecule has 1 nitrogen and oxygen atoms in total. The normalized spacial score (nSPS) is 11.3. The fraction of sp³-hybridized carbons (Fsp3) is 0.0526. The molecule has 0 aliphatic carbocycles. The van der Waals surface area contributed by atoms with Crippen LogP contribution in [0.3, 0.4) is 0 Å². The molecule has 114 valence electrons. The van der Waals surface area contributed by atoms with Gasteiger partial charge in [-0.2, -0.15) is 0 Å². The molecule has 4 aromatic rings. The van der Waals surface area contributed by atoms with Crippen molar-refractivity contribution in [2.45, 2.75) is 0 Å². The van der Waals surface area contributed by atoms with Crippen LogP contribution in [0.2, 0.25) is 0 Å². The van der Waals surface area contributed by atoms with Gasteiger partial charge in [-0.3, -0.25) is 0 Å². The summed E-state index contributed by atoms with van der Waals surface area (Å²) in [6, 6.07) is 17.3. The minimum absolute atomic E-state index is 0.306. The summed E-state index contributed by atoms with van der Waals surface area (Å²) in [6.45, 7) is 0. The highest BCUT2D eigenvalue weighted by atomic mass is 32.2. The van der Waals surface area contributed by atoms with E-state index in [0.29, 0.717) is 0 Å². The van der Waals surface area contributed by atoms with Crippen molar-refractivity contribution in [3.05, 3.63) is 72.3 Å². The summed E-state index contributed by atoms with van der Waals surface area (Å²) in [6.07, 6.45) is 0. The molecule has 0 bridgehead atoms. The highest BCUT2D eigenvalue weighted by Crippen LogP contribution is 2.48. The van der Waals surface area contributed by atoms with E-state index in [1.165, 1.54) is 24.3 Å². The Morgan fingerprint density at radius 3 is 1.74 bits per heavy atom. The van der Waals surface area contributed by atoms with Crippen LogP contribution in [0.15, 0.2) is 60.7 Å². The molecule has 1 aromatic heterocycles. The van der Waals surface area contributed by atoms with Gasteiger partial charge >= 0.3 is 0 Å². The second-order valence-corrected chi connectivity index (χ2v) is 7.23. The van der Waals surface area contributed by atoms with Gasteiger partial charge in [-0.05, 0) is 36.4 Å². The molecule has 0 N–H and O–H groups in total. The van der Waals surface area contributed by atoms with Gasteiger partial charge in [0.1, 0.15) is 17.4 Å². The Balaban J connectivity index is 2.10. The Hall–Kier alpha value is -2.46. The monoisotopic (exact) mass is 327 g/mol. The third kappa shape index (κ3) is 2.26. The van der Waals surface area contributed by atoms with Crippen LogP contribution in [-0.2, 0) is 0 Å². The first-order chi connectivity index (χ1) is 11.2. The van der Waals surface area contributed by atoms with Crippen LogP contribution in [0, 0.1) is 11.6 Å². The zero-order chi connectivity index (χ0) is 16.0. The first-order valence-electron chi connectivity index (χ1n) is 7.15. The quantitative estimate of drug-likeness (QED) is 0.409. The summed E-state index contributed by atoms with van der Waals surface area (Å²) >= 11 is 0. The van der Waals surface area contributed by atoms with Gasteiger partial charge < -0.3 is 4.74 Å². The van der Waals surface area contributed by atoms with Crippen molar-refractivity contribution in [3.63, 3.8) is 0 Å². The van der Waals surface area contributed by atoms with Crippen LogP contribution in [-0.4, -0.2) is 7.11 Å². The van der Waals surface area contributed by atoms with E-state index < -0.39 is 0 Å². The average molecular weight is 327 g/mol. The van der Waals surface area contributed by atoms with E-state index in [9.17, 15) is 8.78 Å². The van der Waals surface area contributed by atoms with E-state index in [-0.39, 0.29) is 22.1 Å². The van der Waals surface area contributed by atoms with E-state index in [1.54, 1.807) is 19.2 Å². The Bertz CT molecular complexity index is 960. The molecule has 0 unspecified atom stereocenters. The van der Waals surface area contributed by atoms with E-state index in [2.05, 4.69) is 0 Å². The van der Waals surface area contributed by atoms with Gasteiger partial charge in [-0.25, -0.2) is 8.78 Å². The van der Waals surface area contributed by atoms with Crippen molar-refractivity contribution in [1.82, 2.24) is 0 Å². The predicted octanol–water partition coefficient (Wildman–Crippen LogP) is 6.02. The third-order valence-electron chi connectivity index (χ3n) is 3.91. The number of rotatable bonds is 2. The van der Waals surface area contributed by atoms with Crippen LogP contribution in [0.25, 0.3) is 25.1 Å². The summed E-state index contributed by atoms with van der Waals surface area (Å²) in [5.41, 5.74) is 0. The van der Waals surface area contributed by atoms with E-state index in [0.717, 1.165) is 30.8 Å². The standard InChI is InChI=1S/C19H13F2OS/c1-22-14-4-6-15(7-5-14)23-18-8-2-12(20)10-16(18)17-11-13(21)3-9-19(17)23/h2-11H,1H3/q+1. The molecule has 0 aliphatic rings. The van der Waals surface area contributed by atoms with Crippen molar-refractivity contribution in [2.24, 2.45) is 0 Å². The molecule has 0 spiro atoms. The summed E-state index contributed by atoms with van der Waals surface area (Å²) in [5.74, 6) is 0.175. The number of thiophene rings is 1. The number of hydrogen-bond donors (Lipinski definition) is 0. The summed E-state index contributed by atoms with van der Waals surface area (Å²) in [5, 5.41) is 1.55. The van der Waals surface area contributed by atoms with Crippen LogP contribution < -0.4 is 4.74 Å². The molecule has 4 heteroatoms. The van der Waals surface area contributed by atoms with Gasteiger partial charge in [0, 0.05) is 34.7 Å². The number of halogens is 2. The minimum Gasteiger partial charge on any atom is -0.497 e. The molecule has 0 aliphatic heterocycles. The lowest BCUT2D eigenvalue weighted by atomic mass is 10.1. The predicted molar refractivity (Wildman–Crippen MR) is 91.7 cm³/mol. The second kappa shape index (κ2) is 5.32. The number of hydrogen-bond acceptors (Lipinski definition) is 1. The van der Waals surface area contributed by atoms with E-state index in [4.69, 9.17) is 4.74 Å². The second-order valence-electron chi connectivity index (χ2n) is 5.26. The molecule has 0 saturated heterocycles. The molecular formula is C19H13F2OS+. The zero-order valence-electron chi connectivity index (χ0n) is 12.3. The van der Waals surface area contributed by atoms with Crippen LogP contribution in [0.1, 0.15) is 0 Å². The molecule has 23 heavy (non-hydrogen) atoms. The molecule has 0 radical (unpaired) electrons. The average Bonchev–Trinajstić information content (AvgIpc) is 2.88. The highest BCUT2D eigenvalue weighted by molar-refractivity contribution is 7.50. The zero-order valence-corrected chi connectivity index (χ0v) is 13.2. The first kappa shape index (κ1) is 14.2. The maximum atomic E-state index is 13.7. The molecular weight excluding hydrogens is 314 g/mol. The van der Waals surface area contributed by atoms with Gasteiger partial charge in [-0.1, -0.05) is 0 Å². The molecule has 4 rings (SSSR count). The Morgan fingerprint density at radius 2 is 1.26 bits per heavy atom. The SMILES string of the molecule is COc1ccc(-[s+]2c3ccc(F)cc3c3cc(F)ccc32)cc1. The van der Waals surface area contributed by atoms with E-state index in [1.807, 2.05) is 24.3 Å². The first-order valence-corrected chi connectivity index (χ1v) is 8.37. The van der Waals surface area contributed by atoms with Crippen LogP contribution in [0.5, 0.6) is 5.75 Å². The van der Waals surface area contributed by atoms with Crippen molar-refractivity contribution in [3.8, 4) is 10.6 Å². The van der Waals surface area contributed by atoms with E-state index >= 15 is 0 Å². The summed E-state index contributed by atoms with van der Waals surface area (Å²) in [7, 11) is 1.27. The fourth-order valence-electron chi connectivity index (χ4n) is 2.87. The lowest BCUT2D eigenvalue weighted by molar-refractivity contribution is 0.415. The number of methoxy groups -OCH3 is 1. The van der Waals surface area contributed by atoms with Gasteiger partial charge in [0.25, 0.3) is 0 Å². The largest absolute Gasteiger partial charge is 0.497 e. The minimum atomic E-state index is -0.356. The van der Waals surface area contributed by atoms with Gasteiger partial charge in [0.05, 0.1) is 17.9 Å². The molecule has 1 heterocycles. The van der Waals surface area contributed by atoms with Gasteiger partial charge in [0.2, 0.25) is 0 Å². The molecule has 0 fully saturated rings. The summed E-state index contributed by atoms with van der Waals surface area (Å²) in [4.78, 5) is 1.10.